The van der Waals surface area contributed by atoms with Gasteiger partial charge in [0.15, 0.2) is 11.5 Å². The molecular formula is C16H14Cl2N2O3. The molecule has 120 valence electrons. The third-order valence-electron chi connectivity index (χ3n) is 3.32. The Balaban J connectivity index is 1.52. The van der Waals surface area contributed by atoms with E-state index in [0.29, 0.717) is 28.0 Å². The number of ether oxygens (including phenoxy) is 2. The van der Waals surface area contributed by atoms with Gasteiger partial charge in [-0.25, -0.2) is 0 Å². The Bertz CT molecular complexity index is 717. The molecule has 1 heterocycles. The lowest BCUT2D eigenvalue weighted by atomic mass is 10.2. The smallest absolute Gasteiger partial charge is 0.239 e. The van der Waals surface area contributed by atoms with Crippen LogP contribution in [0.2, 0.25) is 10.0 Å². The number of carbonyl (C=O) groups is 1. The van der Waals surface area contributed by atoms with Crippen molar-refractivity contribution < 1.29 is 14.3 Å². The Labute approximate surface area is 143 Å². The Kier molecular flexibility index (Phi) is 4.79. The first-order chi connectivity index (χ1) is 11.1. The van der Waals surface area contributed by atoms with Crippen LogP contribution >= 0.6 is 23.2 Å². The number of amides is 1. The molecule has 1 aliphatic rings. The minimum absolute atomic E-state index is 0.0774. The molecule has 0 unspecified atom stereocenters. The number of carbonyl (C=O) groups excluding carboxylic acids is 1. The summed E-state index contributed by atoms with van der Waals surface area (Å²) in [7, 11) is 0. The Hall–Kier alpha value is -2.11. The molecule has 0 saturated carbocycles. The fraction of sp³-hybridized carbons (Fsp3) is 0.188. The maximum atomic E-state index is 11.9. The number of para-hydroxylation sites is 1. The van der Waals surface area contributed by atoms with Gasteiger partial charge in [-0.1, -0.05) is 35.3 Å². The molecule has 2 N–H and O–H groups in total. The van der Waals surface area contributed by atoms with E-state index in [0.717, 1.165) is 11.3 Å². The molecule has 2 aromatic rings. The normalized spacial score (nSPS) is 12.1. The highest BCUT2D eigenvalue weighted by Crippen LogP contribution is 2.32. The second kappa shape index (κ2) is 6.98. The first kappa shape index (κ1) is 15.8. The van der Waals surface area contributed by atoms with Gasteiger partial charge in [-0.3, -0.25) is 4.79 Å². The van der Waals surface area contributed by atoms with Crippen molar-refractivity contribution in [2.75, 3.05) is 18.7 Å². The number of benzene rings is 2. The molecule has 7 heteroatoms. The average molecular weight is 353 g/mol. The molecule has 0 fully saturated rings. The van der Waals surface area contributed by atoms with Crippen LogP contribution in [0.25, 0.3) is 0 Å². The summed E-state index contributed by atoms with van der Waals surface area (Å²) in [5.41, 5.74) is 1.48. The summed E-state index contributed by atoms with van der Waals surface area (Å²) in [6.07, 6.45) is 0. The topological polar surface area (TPSA) is 59.6 Å². The lowest BCUT2D eigenvalue weighted by molar-refractivity contribution is -0.119. The molecule has 0 spiro atoms. The van der Waals surface area contributed by atoms with Crippen molar-refractivity contribution in [1.82, 2.24) is 5.32 Å². The lowest BCUT2D eigenvalue weighted by Crippen LogP contribution is -2.29. The van der Waals surface area contributed by atoms with Crippen molar-refractivity contribution >= 4 is 34.8 Å². The van der Waals surface area contributed by atoms with Crippen LogP contribution < -0.4 is 20.1 Å². The van der Waals surface area contributed by atoms with E-state index in [9.17, 15) is 4.79 Å². The summed E-state index contributed by atoms with van der Waals surface area (Å²) in [6.45, 7) is 0.703. The van der Waals surface area contributed by atoms with Crippen molar-refractivity contribution in [3.63, 3.8) is 0 Å². The van der Waals surface area contributed by atoms with Gasteiger partial charge in [0.2, 0.25) is 12.7 Å². The molecule has 0 atom stereocenters. The molecule has 0 bridgehead atoms. The average Bonchev–Trinajstić information content (AvgIpc) is 3.00. The Morgan fingerprint density at radius 1 is 1.09 bits per heavy atom. The number of hydrogen-bond donors (Lipinski definition) is 2. The molecule has 1 amide bonds. The molecule has 0 saturated heterocycles. The van der Waals surface area contributed by atoms with E-state index in [-0.39, 0.29) is 19.2 Å². The third kappa shape index (κ3) is 3.81. The van der Waals surface area contributed by atoms with Crippen LogP contribution in [-0.4, -0.2) is 19.2 Å². The number of rotatable bonds is 5. The van der Waals surface area contributed by atoms with E-state index in [4.69, 9.17) is 32.7 Å². The Morgan fingerprint density at radius 2 is 1.83 bits per heavy atom. The van der Waals surface area contributed by atoms with Gasteiger partial charge >= 0.3 is 0 Å². The summed E-state index contributed by atoms with van der Waals surface area (Å²) in [4.78, 5) is 11.9. The van der Waals surface area contributed by atoms with E-state index in [1.54, 1.807) is 18.2 Å². The number of nitrogens with one attached hydrogen (secondary N) is 2. The highest BCUT2D eigenvalue weighted by molar-refractivity contribution is 6.39. The summed E-state index contributed by atoms with van der Waals surface area (Å²) < 4.78 is 10.5. The lowest BCUT2D eigenvalue weighted by Gasteiger charge is -2.11. The predicted molar refractivity (Wildman–Crippen MR) is 89.4 cm³/mol. The molecule has 0 aromatic heterocycles. The standard InChI is InChI=1S/C16H14Cl2N2O3/c17-11-2-1-3-12(18)16(11)20-8-15(21)19-7-10-4-5-13-14(6-10)23-9-22-13/h1-6,20H,7-9H2,(H,19,21). The van der Waals surface area contributed by atoms with Gasteiger partial charge in [0.05, 0.1) is 22.3 Å². The number of hydrogen-bond acceptors (Lipinski definition) is 4. The Morgan fingerprint density at radius 3 is 2.61 bits per heavy atom. The molecule has 1 aliphatic heterocycles. The second-order valence-electron chi connectivity index (χ2n) is 4.91. The third-order valence-corrected chi connectivity index (χ3v) is 3.95. The molecule has 0 aliphatic carbocycles. The van der Waals surface area contributed by atoms with Crippen LogP contribution in [0.5, 0.6) is 11.5 Å². The molecule has 2 aromatic carbocycles. The first-order valence-corrected chi connectivity index (χ1v) is 7.72. The van der Waals surface area contributed by atoms with Crippen molar-refractivity contribution in [2.24, 2.45) is 0 Å². The maximum absolute atomic E-state index is 11.9. The van der Waals surface area contributed by atoms with Crippen LogP contribution in [0.3, 0.4) is 0 Å². The molecule has 5 nitrogen and oxygen atoms in total. The van der Waals surface area contributed by atoms with Gasteiger partial charge in [-0.05, 0) is 29.8 Å². The highest BCUT2D eigenvalue weighted by atomic mass is 35.5. The van der Waals surface area contributed by atoms with Gasteiger partial charge in [-0.15, -0.1) is 0 Å². The number of halogens is 2. The minimum atomic E-state index is -0.168. The van der Waals surface area contributed by atoms with E-state index < -0.39 is 0 Å². The maximum Gasteiger partial charge on any atom is 0.239 e. The fourth-order valence-corrected chi connectivity index (χ4v) is 2.68. The SMILES string of the molecule is O=C(CNc1c(Cl)cccc1Cl)NCc1ccc2c(c1)OCO2. The minimum Gasteiger partial charge on any atom is -0.454 e. The van der Waals surface area contributed by atoms with Gasteiger partial charge in [0.1, 0.15) is 0 Å². The van der Waals surface area contributed by atoms with E-state index in [2.05, 4.69) is 10.6 Å². The van der Waals surface area contributed by atoms with Crippen LogP contribution in [0.15, 0.2) is 36.4 Å². The zero-order valence-corrected chi connectivity index (χ0v) is 13.6. The molecular weight excluding hydrogens is 339 g/mol. The van der Waals surface area contributed by atoms with E-state index >= 15 is 0 Å². The van der Waals surface area contributed by atoms with Crippen LogP contribution in [-0.2, 0) is 11.3 Å². The van der Waals surface area contributed by atoms with Gasteiger partial charge < -0.3 is 20.1 Å². The number of fused-ring (bicyclic) bond motifs is 1. The zero-order chi connectivity index (χ0) is 16.2. The molecule has 0 radical (unpaired) electrons. The van der Waals surface area contributed by atoms with Crippen molar-refractivity contribution in [3.8, 4) is 11.5 Å². The second-order valence-corrected chi connectivity index (χ2v) is 5.73. The predicted octanol–water partition coefficient (Wildman–Crippen LogP) is 3.45. The largest absolute Gasteiger partial charge is 0.454 e. The highest BCUT2D eigenvalue weighted by Gasteiger charge is 2.13. The van der Waals surface area contributed by atoms with Crippen molar-refractivity contribution in [2.45, 2.75) is 6.54 Å². The quantitative estimate of drug-likeness (QED) is 0.865. The molecule has 3 rings (SSSR count). The van der Waals surface area contributed by atoms with E-state index in [1.807, 2.05) is 18.2 Å². The van der Waals surface area contributed by atoms with Crippen LogP contribution in [0.4, 0.5) is 5.69 Å². The fourth-order valence-electron chi connectivity index (χ4n) is 2.15. The zero-order valence-electron chi connectivity index (χ0n) is 12.1. The summed E-state index contributed by atoms with van der Waals surface area (Å²) in [6, 6.07) is 10.7. The summed E-state index contributed by atoms with van der Waals surface area (Å²) >= 11 is 12.1. The summed E-state index contributed by atoms with van der Waals surface area (Å²) in [5.74, 6) is 1.24. The van der Waals surface area contributed by atoms with Crippen LogP contribution in [0, 0.1) is 0 Å². The van der Waals surface area contributed by atoms with Crippen molar-refractivity contribution in [3.05, 3.63) is 52.0 Å². The molecule has 23 heavy (non-hydrogen) atoms. The summed E-state index contributed by atoms with van der Waals surface area (Å²) in [5, 5.41) is 6.70. The van der Waals surface area contributed by atoms with Crippen LogP contribution in [0.1, 0.15) is 5.56 Å². The monoisotopic (exact) mass is 352 g/mol. The van der Waals surface area contributed by atoms with Crippen molar-refractivity contribution in [1.29, 1.82) is 0 Å². The first-order valence-electron chi connectivity index (χ1n) is 6.96. The number of anilines is 1. The van der Waals surface area contributed by atoms with E-state index in [1.165, 1.54) is 0 Å². The van der Waals surface area contributed by atoms with Gasteiger partial charge in [0.25, 0.3) is 0 Å². The van der Waals surface area contributed by atoms with Gasteiger partial charge in [-0.2, -0.15) is 0 Å². The van der Waals surface area contributed by atoms with Gasteiger partial charge in [0, 0.05) is 6.54 Å².